The van der Waals surface area contributed by atoms with Gasteiger partial charge in [-0.05, 0) is 93.4 Å². The zero-order chi connectivity index (χ0) is 29.5. The quantitative estimate of drug-likeness (QED) is 0.339. The van der Waals surface area contributed by atoms with Crippen molar-refractivity contribution in [1.82, 2.24) is 24.7 Å². The van der Waals surface area contributed by atoms with Crippen LogP contribution in [-0.4, -0.2) is 75.9 Å². The number of hydrogen-bond acceptors (Lipinski definition) is 6. The van der Waals surface area contributed by atoms with E-state index in [0.29, 0.717) is 24.0 Å². The van der Waals surface area contributed by atoms with E-state index in [-0.39, 0.29) is 11.9 Å². The van der Waals surface area contributed by atoms with Gasteiger partial charge in [0.25, 0.3) is 0 Å². The summed E-state index contributed by atoms with van der Waals surface area (Å²) in [5, 5.41) is 3.24. The van der Waals surface area contributed by atoms with E-state index in [1.165, 1.54) is 31.1 Å². The van der Waals surface area contributed by atoms with E-state index in [1.54, 1.807) is 24.7 Å². The first kappa shape index (κ1) is 29.7. The van der Waals surface area contributed by atoms with Gasteiger partial charge in [0.2, 0.25) is 5.91 Å². The monoisotopic (exact) mass is 578 g/mol. The normalized spacial score (nSPS) is 17.9. The van der Waals surface area contributed by atoms with Crippen molar-refractivity contribution < 1.29 is 18.0 Å². The first-order chi connectivity index (χ1) is 20.2. The van der Waals surface area contributed by atoms with Crippen LogP contribution in [0.4, 0.5) is 24.7 Å². The number of benzene rings is 1. The topological polar surface area (TPSA) is 64.6 Å². The van der Waals surface area contributed by atoms with Crippen molar-refractivity contribution in [2.75, 3.05) is 38.5 Å². The van der Waals surface area contributed by atoms with E-state index in [4.69, 9.17) is 0 Å². The molecule has 1 N–H and O–H groups in total. The van der Waals surface area contributed by atoms with Crippen molar-refractivity contribution in [3.63, 3.8) is 0 Å². The van der Waals surface area contributed by atoms with Crippen LogP contribution < -0.4 is 5.32 Å². The second-order valence-corrected chi connectivity index (χ2v) is 11.1. The van der Waals surface area contributed by atoms with Crippen molar-refractivity contribution in [3.8, 4) is 0 Å². The Balaban J connectivity index is 1.27. The number of pyridine rings is 2. The van der Waals surface area contributed by atoms with Crippen molar-refractivity contribution in [1.29, 1.82) is 0 Å². The summed E-state index contributed by atoms with van der Waals surface area (Å²) in [5.41, 5.74) is 1.62. The van der Waals surface area contributed by atoms with Crippen LogP contribution >= 0.6 is 0 Å². The van der Waals surface area contributed by atoms with Gasteiger partial charge in [-0.1, -0.05) is 18.2 Å². The van der Waals surface area contributed by atoms with E-state index in [1.807, 2.05) is 29.2 Å². The fourth-order valence-electron chi connectivity index (χ4n) is 5.73. The predicted molar refractivity (Wildman–Crippen MR) is 158 cm³/mol. The van der Waals surface area contributed by atoms with Crippen molar-refractivity contribution in [2.45, 2.75) is 50.5 Å². The molecule has 0 radical (unpaired) electrons. The second-order valence-electron chi connectivity index (χ2n) is 11.1. The number of nitrogens with one attached hydrogen (secondary N) is 1. The van der Waals surface area contributed by atoms with Crippen molar-refractivity contribution >= 4 is 23.5 Å². The molecule has 2 aliphatic rings. The molecule has 1 amide bonds. The third kappa shape index (κ3) is 7.95. The molecule has 4 heterocycles. The number of anilines is 2. The number of halogens is 3. The largest absolute Gasteiger partial charge is 0.416 e. The highest BCUT2D eigenvalue weighted by molar-refractivity contribution is 5.92. The summed E-state index contributed by atoms with van der Waals surface area (Å²) in [6.45, 7) is 4.51. The van der Waals surface area contributed by atoms with Crippen LogP contribution in [0.2, 0.25) is 0 Å². The standard InChI is InChI=1S/C32H37F3N6O/c1-39-18-12-28(13-19-39)40-20-14-29(15-21-40)41(31(42)9-5-24-2-6-26(7-3-24)32(33,34)35)23-25-4-8-30(37-22-25)38-27-10-16-36-17-11-27/h2-11,16-17,22,28-29H,12-15,18-21,23H2,1H3,(H,36,37,38)/b9-5+. The van der Waals surface area contributed by atoms with Gasteiger partial charge >= 0.3 is 6.18 Å². The van der Waals surface area contributed by atoms with Gasteiger partial charge in [0.05, 0.1) is 5.56 Å². The summed E-state index contributed by atoms with van der Waals surface area (Å²) in [4.78, 5) is 29.0. The highest BCUT2D eigenvalue weighted by atomic mass is 19.4. The molecule has 0 unspecified atom stereocenters. The smallest absolute Gasteiger partial charge is 0.340 e. The molecule has 2 saturated heterocycles. The third-order valence-electron chi connectivity index (χ3n) is 8.21. The number of piperidine rings is 2. The highest BCUT2D eigenvalue weighted by Gasteiger charge is 2.32. The van der Waals surface area contributed by atoms with Crippen LogP contribution in [-0.2, 0) is 17.5 Å². The molecule has 0 bridgehead atoms. The van der Waals surface area contributed by atoms with E-state index >= 15 is 0 Å². The maximum absolute atomic E-state index is 13.6. The molecular weight excluding hydrogens is 541 g/mol. The Kier molecular flexibility index (Phi) is 9.54. The molecular formula is C32H37F3N6O. The Morgan fingerprint density at radius 1 is 0.976 bits per heavy atom. The zero-order valence-electron chi connectivity index (χ0n) is 23.8. The number of aromatic nitrogens is 2. The molecule has 2 aliphatic heterocycles. The number of carbonyl (C=O) groups excluding carboxylic acids is 1. The first-order valence-corrected chi connectivity index (χ1v) is 14.4. The maximum atomic E-state index is 13.6. The Morgan fingerprint density at radius 2 is 1.67 bits per heavy atom. The van der Waals surface area contributed by atoms with Gasteiger partial charge in [0, 0.05) is 62.1 Å². The van der Waals surface area contributed by atoms with Gasteiger partial charge in [0.1, 0.15) is 5.82 Å². The Bertz CT molecular complexity index is 1320. The summed E-state index contributed by atoms with van der Waals surface area (Å²) in [6.07, 6.45) is 7.94. The fraction of sp³-hybridized carbons (Fsp3) is 0.406. The lowest BCUT2D eigenvalue weighted by Gasteiger charge is -2.43. The van der Waals surface area contributed by atoms with Gasteiger partial charge in [-0.2, -0.15) is 13.2 Å². The van der Waals surface area contributed by atoms with Crippen LogP contribution in [0.15, 0.2) is 73.2 Å². The Hall–Kier alpha value is -3.76. The highest BCUT2D eigenvalue weighted by Crippen LogP contribution is 2.29. The van der Waals surface area contributed by atoms with Crippen LogP contribution in [0, 0.1) is 0 Å². The Labute approximate surface area is 245 Å². The van der Waals surface area contributed by atoms with Crippen molar-refractivity contribution in [3.05, 3.63) is 89.9 Å². The summed E-state index contributed by atoms with van der Waals surface area (Å²) in [6, 6.07) is 13.1. The lowest BCUT2D eigenvalue weighted by atomic mass is 9.96. The molecule has 2 fully saturated rings. The maximum Gasteiger partial charge on any atom is 0.416 e. The van der Waals surface area contributed by atoms with Crippen LogP contribution in [0.3, 0.4) is 0 Å². The average molecular weight is 579 g/mol. The molecule has 1 aromatic carbocycles. The average Bonchev–Trinajstić information content (AvgIpc) is 3.00. The minimum atomic E-state index is -4.39. The van der Waals surface area contributed by atoms with Gasteiger partial charge in [0.15, 0.2) is 0 Å². The van der Waals surface area contributed by atoms with Crippen LogP contribution in [0.25, 0.3) is 6.08 Å². The summed E-state index contributed by atoms with van der Waals surface area (Å²) < 4.78 is 38.9. The molecule has 0 atom stereocenters. The number of carbonyl (C=O) groups is 1. The number of nitrogens with zero attached hydrogens (tertiary/aromatic N) is 5. The third-order valence-corrected chi connectivity index (χ3v) is 8.21. The number of hydrogen-bond donors (Lipinski definition) is 1. The lowest BCUT2D eigenvalue weighted by molar-refractivity contribution is -0.137. The molecule has 222 valence electrons. The van der Waals surface area contributed by atoms with Gasteiger partial charge in [-0.3, -0.25) is 9.78 Å². The summed E-state index contributed by atoms with van der Waals surface area (Å²) in [7, 11) is 2.17. The summed E-state index contributed by atoms with van der Waals surface area (Å²) >= 11 is 0. The van der Waals surface area contributed by atoms with Gasteiger partial charge < -0.3 is 20.0 Å². The molecule has 5 rings (SSSR count). The molecule has 42 heavy (non-hydrogen) atoms. The second kappa shape index (κ2) is 13.5. The minimum Gasteiger partial charge on any atom is -0.340 e. The molecule has 3 aromatic rings. The SMILES string of the molecule is CN1CCC(N2CCC(N(Cc3ccc(Nc4ccncc4)nc3)C(=O)/C=C/c3ccc(C(F)(F)F)cc3)CC2)CC1. The van der Waals surface area contributed by atoms with E-state index in [0.717, 1.165) is 62.4 Å². The lowest BCUT2D eigenvalue weighted by Crippen LogP contribution is -2.51. The van der Waals surface area contributed by atoms with E-state index in [9.17, 15) is 18.0 Å². The fourth-order valence-corrected chi connectivity index (χ4v) is 5.73. The van der Waals surface area contributed by atoms with Crippen LogP contribution in [0.1, 0.15) is 42.4 Å². The van der Waals surface area contributed by atoms with E-state index < -0.39 is 11.7 Å². The van der Waals surface area contributed by atoms with Crippen LogP contribution in [0.5, 0.6) is 0 Å². The molecule has 0 aliphatic carbocycles. The number of likely N-dealkylation sites (tertiary alicyclic amines) is 2. The van der Waals surface area contributed by atoms with E-state index in [2.05, 4.69) is 32.1 Å². The first-order valence-electron chi connectivity index (χ1n) is 14.4. The number of rotatable bonds is 8. The number of alkyl halides is 3. The number of amides is 1. The van der Waals surface area contributed by atoms with Gasteiger partial charge in [-0.25, -0.2) is 4.98 Å². The molecule has 0 saturated carbocycles. The minimum absolute atomic E-state index is 0.0619. The molecule has 10 heteroatoms. The van der Waals surface area contributed by atoms with Gasteiger partial charge in [-0.15, -0.1) is 0 Å². The molecule has 2 aromatic heterocycles. The molecule has 0 spiro atoms. The zero-order valence-corrected chi connectivity index (χ0v) is 23.8. The van der Waals surface area contributed by atoms with Crippen molar-refractivity contribution in [2.24, 2.45) is 0 Å². The Morgan fingerprint density at radius 3 is 2.29 bits per heavy atom. The summed E-state index contributed by atoms with van der Waals surface area (Å²) in [5.74, 6) is 0.531. The predicted octanol–water partition coefficient (Wildman–Crippen LogP) is 5.84. The molecule has 7 nitrogen and oxygen atoms in total.